The van der Waals surface area contributed by atoms with Crippen LogP contribution in [0.15, 0.2) is 65.5 Å². The molecule has 0 radical (unpaired) electrons. The maximum absolute atomic E-state index is 11.3. The Labute approximate surface area is 193 Å². The summed E-state index contributed by atoms with van der Waals surface area (Å²) >= 11 is 3.75. The van der Waals surface area contributed by atoms with Gasteiger partial charge in [-0.1, -0.05) is 42.5 Å². The Balaban J connectivity index is 1.53. The van der Waals surface area contributed by atoms with Gasteiger partial charge in [0.25, 0.3) is 0 Å². The smallest absolute Gasteiger partial charge is 0.306 e. The molecule has 2 aromatic heterocycles. The van der Waals surface area contributed by atoms with Crippen LogP contribution in [0.3, 0.4) is 0 Å². The van der Waals surface area contributed by atoms with Crippen molar-refractivity contribution in [3.63, 3.8) is 0 Å². The fraction of sp³-hybridized carbons (Fsp3) is 0.208. The molecule has 0 saturated heterocycles. The van der Waals surface area contributed by atoms with Crippen molar-refractivity contribution < 1.29 is 14.6 Å². The highest BCUT2D eigenvalue weighted by Crippen LogP contribution is 2.47. The predicted molar refractivity (Wildman–Crippen MR) is 125 cm³/mol. The van der Waals surface area contributed by atoms with Crippen LogP contribution in [0.25, 0.3) is 22.2 Å². The van der Waals surface area contributed by atoms with Gasteiger partial charge in [0.1, 0.15) is 30.1 Å². The summed E-state index contributed by atoms with van der Waals surface area (Å²) in [5.74, 6) is 0.0338. The topological polar surface area (TPSA) is 103 Å². The molecule has 162 valence electrons. The number of fused-ring (bicyclic) bond motifs is 1. The fourth-order valence-corrected chi connectivity index (χ4v) is 5.09. The van der Waals surface area contributed by atoms with E-state index in [2.05, 4.69) is 25.9 Å². The van der Waals surface area contributed by atoms with Crippen molar-refractivity contribution in [2.75, 3.05) is 5.73 Å². The van der Waals surface area contributed by atoms with E-state index in [1.807, 2.05) is 59.2 Å². The number of carboxylic acids is 1. The van der Waals surface area contributed by atoms with E-state index in [1.165, 1.54) is 6.33 Å². The van der Waals surface area contributed by atoms with Crippen molar-refractivity contribution in [1.82, 2.24) is 14.5 Å². The molecule has 0 bridgehead atoms. The molecular formula is C24H21BrN4O3. The first kappa shape index (κ1) is 20.5. The number of aliphatic carboxylic acids is 1. The number of benzene rings is 2. The van der Waals surface area contributed by atoms with Crippen LogP contribution in [0.4, 0.5) is 5.82 Å². The monoisotopic (exact) mass is 492 g/mol. The van der Waals surface area contributed by atoms with Gasteiger partial charge in [-0.15, -0.1) is 0 Å². The van der Waals surface area contributed by atoms with Gasteiger partial charge in [-0.2, -0.15) is 0 Å². The summed E-state index contributed by atoms with van der Waals surface area (Å²) in [6.45, 7) is 0.469. The van der Waals surface area contributed by atoms with Crippen LogP contribution in [0.5, 0.6) is 5.75 Å². The van der Waals surface area contributed by atoms with Gasteiger partial charge in [0.15, 0.2) is 0 Å². The number of nitrogens with two attached hydrogens (primary N) is 1. The average Bonchev–Trinajstić information content (AvgIpc) is 3.05. The second-order valence-electron chi connectivity index (χ2n) is 7.96. The molecule has 2 aromatic carbocycles. The van der Waals surface area contributed by atoms with Crippen LogP contribution >= 0.6 is 15.9 Å². The third-order valence-electron chi connectivity index (χ3n) is 5.95. The Kier molecular flexibility index (Phi) is 5.30. The molecule has 4 aromatic rings. The van der Waals surface area contributed by atoms with Gasteiger partial charge >= 0.3 is 5.97 Å². The summed E-state index contributed by atoms with van der Waals surface area (Å²) in [7, 11) is 0. The summed E-state index contributed by atoms with van der Waals surface area (Å²) in [4.78, 5) is 20.0. The first-order valence-corrected chi connectivity index (χ1v) is 11.1. The number of ether oxygens (including phenoxy) is 1. The number of hydrogen-bond donors (Lipinski definition) is 2. The maximum Gasteiger partial charge on any atom is 0.306 e. The van der Waals surface area contributed by atoms with Gasteiger partial charge < -0.3 is 20.1 Å². The van der Waals surface area contributed by atoms with Crippen molar-refractivity contribution in [1.29, 1.82) is 0 Å². The van der Waals surface area contributed by atoms with Crippen LogP contribution in [-0.4, -0.2) is 25.6 Å². The highest BCUT2D eigenvalue weighted by molar-refractivity contribution is 9.10. The zero-order chi connectivity index (χ0) is 22.2. The molecule has 0 spiro atoms. The van der Waals surface area contributed by atoms with Gasteiger partial charge in [0.2, 0.25) is 0 Å². The zero-order valence-electron chi connectivity index (χ0n) is 17.1. The normalized spacial score (nSPS) is 17.8. The molecule has 1 aliphatic rings. The van der Waals surface area contributed by atoms with E-state index in [4.69, 9.17) is 10.5 Å². The van der Waals surface area contributed by atoms with Crippen LogP contribution in [-0.2, 0) is 11.4 Å². The highest BCUT2D eigenvalue weighted by Gasteiger charge is 2.38. The maximum atomic E-state index is 11.3. The van der Waals surface area contributed by atoms with E-state index in [9.17, 15) is 9.90 Å². The van der Waals surface area contributed by atoms with Crippen LogP contribution in [0, 0.1) is 5.92 Å². The third-order valence-corrected chi connectivity index (χ3v) is 6.73. The number of anilines is 1. The number of aromatic nitrogens is 3. The van der Waals surface area contributed by atoms with Gasteiger partial charge in [0.05, 0.1) is 15.9 Å². The van der Waals surface area contributed by atoms with E-state index < -0.39 is 5.97 Å². The fourth-order valence-electron chi connectivity index (χ4n) is 4.21. The third kappa shape index (κ3) is 3.60. The highest BCUT2D eigenvalue weighted by atomic mass is 79.9. The number of carboxylic acid groups (broad SMARTS) is 1. The Bertz CT molecular complexity index is 1300. The van der Waals surface area contributed by atoms with Crippen molar-refractivity contribution in [2.24, 2.45) is 5.92 Å². The van der Waals surface area contributed by atoms with Crippen LogP contribution in [0.1, 0.15) is 24.4 Å². The van der Waals surface area contributed by atoms with Gasteiger partial charge in [-0.05, 0) is 52.0 Å². The molecule has 1 fully saturated rings. The summed E-state index contributed by atoms with van der Waals surface area (Å²) < 4.78 is 8.87. The number of halogens is 1. The average molecular weight is 493 g/mol. The van der Waals surface area contributed by atoms with E-state index in [0.717, 1.165) is 32.4 Å². The molecule has 5 rings (SSSR count). The SMILES string of the molecule is Nc1ncnc2c1c(-c1cccc(OCc3ccccc3)c1)c(Br)n2C1CC(C(=O)O)C1. The van der Waals surface area contributed by atoms with E-state index in [-0.39, 0.29) is 12.0 Å². The largest absolute Gasteiger partial charge is 0.489 e. The molecule has 0 unspecified atom stereocenters. The molecule has 1 saturated carbocycles. The molecule has 3 N–H and O–H groups in total. The summed E-state index contributed by atoms with van der Waals surface area (Å²) in [6, 6.07) is 17.9. The van der Waals surface area contributed by atoms with E-state index >= 15 is 0 Å². The lowest BCUT2D eigenvalue weighted by molar-refractivity contribution is -0.145. The minimum atomic E-state index is -0.758. The minimum absolute atomic E-state index is 0.0357. The number of rotatable bonds is 6. The first-order valence-electron chi connectivity index (χ1n) is 10.3. The molecule has 0 amide bonds. The van der Waals surface area contributed by atoms with Crippen LogP contribution in [0.2, 0.25) is 0 Å². The summed E-state index contributed by atoms with van der Waals surface area (Å²) in [5, 5.41) is 10.0. The molecule has 0 atom stereocenters. The molecular weight excluding hydrogens is 472 g/mol. The van der Waals surface area contributed by atoms with Crippen molar-refractivity contribution in [3.8, 4) is 16.9 Å². The summed E-state index contributed by atoms with van der Waals surface area (Å²) in [6.07, 6.45) is 2.56. The lowest BCUT2D eigenvalue weighted by atomic mass is 9.80. The second-order valence-corrected chi connectivity index (χ2v) is 8.71. The second kappa shape index (κ2) is 8.27. The first-order chi connectivity index (χ1) is 15.5. The van der Waals surface area contributed by atoms with E-state index in [1.54, 1.807) is 0 Å². The van der Waals surface area contributed by atoms with Crippen molar-refractivity contribution in [2.45, 2.75) is 25.5 Å². The predicted octanol–water partition coefficient (Wildman–Crippen LogP) is 5.06. The Morgan fingerprint density at radius 3 is 2.69 bits per heavy atom. The van der Waals surface area contributed by atoms with E-state index in [0.29, 0.717) is 30.9 Å². The Hall–Kier alpha value is -3.39. The molecule has 7 nitrogen and oxygen atoms in total. The molecule has 1 aliphatic carbocycles. The Morgan fingerprint density at radius 2 is 1.94 bits per heavy atom. The standard InChI is InChI=1S/C24H21BrN4O3/c25-21-19(15-7-4-8-18(11-15)32-12-14-5-2-1-3-6-14)20-22(26)27-13-28-23(20)29(21)17-9-16(10-17)24(30)31/h1-8,11,13,16-17H,9-10,12H2,(H,30,31)(H2,26,27,28). The number of nitrogen functional groups attached to an aromatic ring is 1. The van der Waals surface area contributed by atoms with Crippen molar-refractivity contribution in [3.05, 3.63) is 71.1 Å². The number of carbonyl (C=O) groups is 1. The zero-order valence-corrected chi connectivity index (χ0v) is 18.7. The Morgan fingerprint density at radius 1 is 1.16 bits per heavy atom. The van der Waals surface area contributed by atoms with Gasteiger partial charge in [0, 0.05) is 11.6 Å². The van der Waals surface area contributed by atoms with Gasteiger partial charge in [-0.25, -0.2) is 9.97 Å². The lowest BCUT2D eigenvalue weighted by Gasteiger charge is -2.34. The quantitative estimate of drug-likeness (QED) is 0.389. The molecule has 0 aliphatic heterocycles. The summed E-state index contributed by atoms with van der Waals surface area (Å²) in [5.41, 5.74) is 9.86. The minimum Gasteiger partial charge on any atom is -0.489 e. The lowest BCUT2D eigenvalue weighted by Crippen LogP contribution is -2.32. The van der Waals surface area contributed by atoms with Crippen LogP contribution < -0.4 is 10.5 Å². The molecule has 8 heteroatoms. The number of nitrogens with zero attached hydrogens (tertiary/aromatic N) is 3. The number of hydrogen-bond acceptors (Lipinski definition) is 5. The van der Waals surface area contributed by atoms with Gasteiger partial charge in [-0.3, -0.25) is 4.79 Å². The molecule has 2 heterocycles. The molecule has 32 heavy (non-hydrogen) atoms. The van der Waals surface area contributed by atoms with Crippen molar-refractivity contribution >= 4 is 38.8 Å².